The molecule has 1 aromatic carbocycles. The molecule has 1 aromatic heterocycles. The van der Waals surface area contributed by atoms with Crippen LogP contribution in [0.15, 0.2) is 29.4 Å². The van der Waals surface area contributed by atoms with Gasteiger partial charge < -0.3 is 4.57 Å². The number of hydrogen-bond acceptors (Lipinski definition) is 3. The van der Waals surface area contributed by atoms with Crippen LogP contribution in [0.1, 0.15) is 11.4 Å². The van der Waals surface area contributed by atoms with E-state index in [1.54, 1.807) is 13.0 Å². The van der Waals surface area contributed by atoms with Crippen molar-refractivity contribution in [3.63, 3.8) is 0 Å². The Balaban J connectivity index is 2.36. The van der Waals surface area contributed by atoms with E-state index in [9.17, 15) is 12.8 Å². The van der Waals surface area contributed by atoms with Crippen molar-refractivity contribution in [2.75, 3.05) is 0 Å². The number of nitrogens with zero attached hydrogens (tertiary/aromatic N) is 2. The van der Waals surface area contributed by atoms with Crippen LogP contribution in [0.25, 0.3) is 0 Å². The Kier molecular flexibility index (Phi) is 3.62. The number of hydrogen-bond donors (Lipinski definition) is 1. The molecule has 0 amide bonds. The van der Waals surface area contributed by atoms with Gasteiger partial charge in [-0.2, -0.15) is 0 Å². The van der Waals surface area contributed by atoms with Gasteiger partial charge in [0.2, 0.25) is 0 Å². The molecule has 0 aliphatic carbocycles. The average Bonchev–Trinajstić information content (AvgIpc) is 2.64. The average molecular weight is 304 g/mol. The summed E-state index contributed by atoms with van der Waals surface area (Å²) in [6.07, 6.45) is 1.28. The quantitative estimate of drug-likeness (QED) is 0.937. The third kappa shape index (κ3) is 3.12. The highest BCUT2D eigenvalue weighted by atomic mass is 35.5. The largest absolute Gasteiger partial charge is 0.329 e. The summed E-state index contributed by atoms with van der Waals surface area (Å²) in [5.41, 5.74) is 0.380. The fraction of sp³-hybridized carbons (Fsp3) is 0.182. The Labute approximate surface area is 114 Å². The van der Waals surface area contributed by atoms with E-state index in [4.69, 9.17) is 16.7 Å². The normalized spacial score (nSPS) is 11.8. The Hall–Kier alpha value is -1.44. The lowest BCUT2D eigenvalue weighted by Crippen LogP contribution is -2.12. The molecule has 0 spiro atoms. The van der Waals surface area contributed by atoms with Crippen LogP contribution >= 0.6 is 11.6 Å². The van der Waals surface area contributed by atoms with Crippen LogP contribution in [0, 0.1) is 12.7 Å². The van der Waals surface area contributed by atoms with Crippen LogP contribution in [-0.2, 0) is 16.6 Å². The lowest BCUT2D eigenvalue weighted by molar-refractivity contribution is 0.594. The van der Waals surface area contributed by atoms with Crippen LogP contribution in [0.4, 0.5) is 4.39 Å². The van der Waals surface area contributed by atoms with Crippen molar-refractivity contribution >= 4 is 21.6 Å². The molecular weight excluding hydrogens is 293 g/mol. The van der Waals surface area contributed by atoms with Gasteiger partial charge in [-0.3, -0.25) is 0 Å². The van der Waals surface area contributed by atoms with Crippen LogP contribution in [-0.4, -0.2) is 18.0 Å². The van der Waals surface area contributed by atoms with Gasteiger partial charge in [-0.15, -0.1) is 0 Å². The lowest BCUT2D eigenvalue weighted by atomic mass is 10.2. The number of benzene rings is 1. The standard InChI is InChI=1S/C11H11ClFN3O2S/c1-7-15-11(19(14,17)18)6-16(7)5-8-2-3-9(12)4-10(8)13/h2-4,6H,5H2,1H3,(H2,14,17,18). The second kappa shape index (κ2) is 4.92. The second-order valence-corrected chi connectivity index (χ2v) is 5.98. The molecule has 5 nitrogen and oxygen atoms in total. The summed E-state index contributed by atoms with van der Waals surface area (Å²) in [6, 6.07) is 4.30. The monoisotopic (exact) mass is 303 g/mol. The Morgan fingerprint density at radius 1 is 1.47 bits per heavy atom. The van der Waals surface area contributed by atoms with Crippen LogP contribution < -0.4 is 5.14 Å². The molecule has 0 radical (unpaired) electrons. The molecule has 102 valence electrons. The zero-order chi connectivity index (χ0) is 14.2. The molecule has 19 heavy (non-hydrogen) atoms. The number of aromatic nitrogens is 2. The molecule has 0 atom stereocenters. The van der Waals surface area contributed by atoms with E-state index in [0.29, 0.717) is 16.4 Å². The Morgan fingerprint density at radius 2 is 2.16 bits per heavy atom. The predicted octanol–water partition coefficient (Wildman–Crippen LogP) is 1.68. The summed E-state index contributed by atoms with van der Waals surface area (Å²) in [5, 5.41) is 5.05. The van der Waals surface area contributed by atoms with Gasteiger partial charge in [0.05, 0.1) is 6.54 Å². The molecule has 0 fully saturated rings. The van der Waals surface area contributed by atoms with E-state index >= 15 is 0 Å². The summed E-state index contributed by atoms with van der Waals surface area (Å²) in [6.45, 7) is 1.76. The third-order valence-corrected chi connectivity index (χ3v) is 3.62. The number of nitrogens with two attached hydrogens (primary N) is 1. The van der Waals surface area contributed by atoms with Gasteiger partial charge in [0, 0.05) is 16.8 Å². The smallest absolute Gasteiger partial charge is 0.257 e. The zero-order valence-corrected chi connectivity index (χ0v) is 11.5. The van der Waals surface area contributed by atoms with Crippen molar-refractivity contribution in [3.05, 3.63) is 46.6 Å². The van der Waals surface area contributed by atoms with Crippen LogP contribution in [0.5, 0.6) is 0 Å². The van der Waals surface area contributed by atoms with Crippen molar-refractivity contribution < 1.29 is 12.8 Å². The first kappa shape index (κ1) is 14.0. The van der Waals surface area contributed by atoms with E-state index in [1.807, 2.05) is 0 Å². The molecule has 0 saturated carbocycles. The van der Waals surface area contributed by atoms with Gasteiger partial charge in [-0.25, -0.2) is 22.9 Å². The maximum atomic E-state index is 13.6. The van der Waals surface area contributed by atoms with Gasteiger partial charge in [-0.05, 0) is 19.1 Å². The summed E-state index contributed by atoms with van der Waals surface area (Å²) < 4.78 is 37.5. The lowest BCUT2D eigenvalue weighted by Gasteiger charge is -2.06. The minimum atomic E-state index is -3.86. The SMILES string of the molecule is Cc1nc(S(N)(=O)=O)cn1Cc1ccc(Cl)cc1F. The molecule has 2 N–H and O–H groups in total. The first-order chi connectivity index (χ1) is 8.77. The summed E-state index contributed by atoms with van der Waals surface area (Å²) in [5.74, 6) is -0.0314. The van der Waals surface area contributed by atoms with Crippen LogP contribution in [0.3, 0.4) is 0 Å². The van der Waals surface area contributed by atoms with Crippen molar-refractivity contribution in [2.24, 2.45) is 5.14 Å². The molecule has 0 aliphatic rings. The molecule has 0 aliphatic heterocycles. The van der Waals surface area contributed by atoms with Crippen molar-refractivity contribution in [2.45, 2.75) is 18.5 Å². The molecule has 0 bridgehead atoms. The first-order valence-corrected chi connectivity index (χ1v) is 7.20. The van der Waals surface area contributed by atoms with Crippen molar-refractivity contribution in [1.82, 2.24) is 9.55 Å². The highest BCUT2D eigenvalue weighted by molar-refractivity contribution is 7.89. The van der Waals surface area contributed by atoms with E-state index in [2.05, 4.69) is 4.98 Å². The second-order valence-electron chi connectivity index (χ2n) is 4.03. The topological polar surface area (TPSA) is 78.0 Å². The van der Waals surface area contributed by atoms with Gasteiger partial charge in [0.1, 0.15) is 11.6 Å². The van der Waals surface area contributed by atoms with Crippen molar-refractivity contribution in [1.29, 1.82) is 0 Å². The number of halogens is 2. The maximum Gasteiger partial charge on any atom is 0.257 e. The number of rotatable bonds is 3. The summed E-state index contributed by atoms with van der Waals surface area (Å²) >= 11 is 5.66. The molecule has 2 aromatic rings. The van der Waals surface area contributed by atoms with E-state index in [1.165, 1.54) is 22.9 Å². The van der Waals surface area contributed by atoms with Crippen LogP contribution in [0.2, 0.25) is 5.02 Å². The summed E-state index contributed by atoms with van der Waals surface area (Å²) in [4.78, 5) is 3.83. The minimum Gasteiger partial charge on any atom is -0.329 e. The van der Waals surface area contributed by atoms with Gasteiger partial charge in [-0.1, -0.05) is 17.7 Å². The third-order valence-electron chi connectivity index (χ3n) is 2.60. The van der Waals surface area contributed by atoms with E-state index < -0.39 is 15.8 Å². The highest BCUT2D eigenvalue weighted by Crippen LogP contribution is 2.17. The van der Waals surface area contributed by atoms with Gasteiger partial charge >= 0.3 is 0 Å². The Bertz CT molecular complexity index is 728. The molecule has 8 heteroatoms. The highest BCUT2D eigenvalue weighted by Gasteiger charge is 2.15. The predicted molar refractivity (Wildman–Crippen MR) is 68.8 cm³/mol. The Morgan fingerprint density at radius 3 is 2.68 bits per heavy atom. The molecule has 2 rings (SSSR count). The number of sulfonamides is 1. The zero-order valence-electron chi connectivity index (χ0n) is 9.97. The fourth-order valence-electron chi connectivity index (χ4n) is 1.61. The van der Waals surface area contributed by atoms with Gasteiger partial charge in [0.25, 0.3) is 10.0 Å². The minimum absolute atomic E-state index is 0.150. The molecular formula is C11H11ClFN3O2S. The van der Waals surface area contributed by atoms with Crippen molar-refractivity contribution in [3.8, 4) is 0 Å². The maximum absolute atomic E-state index is 13.6. The number of primary sulfonamides is 1. The summed E-state index contributed by atoms with van der Waals surface area (Å²) in [7, 11) is -3.86. The molecule has 0 unspecified atom stereocenters. The number of aryl methyl sites for hydroxylation is 1. The van der Waals surface area contributed by atoms with E-state index in [-0.39, 0.29) is 11.6 Å². The van der Waals surface area contributed by atoms with Gasteiger partial charge in [0.15, 0.2) is 5.03 Å². The molecule has 0 saturated heterocycles. The first-order valence-electron chi connectivity index (χ1n) is 5.28. The molecule has 1 heterocycles. The number of imidazole rings is 1. The fourth-order valence-corrected chi connectivity index (χ4v) is 2.30. The van der Waals surface area contributed by atoms with E-state index in [0.717, 1.165) is 0 Å².